The maximum absolute atomic E-state index is 14.0. The smallest absolute Gasteiger partial charge is 0.399 e. The molecule has 3 rings (SSSR count). The summed E-state index contributed by atoms with van der Waals surface area (Å²) in [4.78, 5) is 24.7. The van der Waals surface area contributed by atoms with E-state index in [9.17, 15) is 27.2 Å². The Morgan fingerprint density at radius 3 is 2.47 bits per heavy atom. The van der Waals surface area contributed by atoms with Crippen molar-refractivity contribution < 1.29 is 22.4 Å². The summed E-state index contributed by atoms with van der Waals surface area (Å²) in [6, 6.07) is 10.2. The molecule has 1 atom stereocenters. The van der Waals surface area contributed by atoms with Gasteiger partial charge in [-0.05, 0) is 48.9 Å². The van der Waals surface area contributed by atoms with Gasteiger partial charge in [0.05, 0.1) is 22.9 Å². The van der Waals surface area contributed by atoms with E-state index < -0.39 is 35.1 Å². The van der Waals surface area contributed by atoms with E-state index >= 15 is 0 Å². The van der Waals surface area contributed by atoms with Crippen LogP contribution in [0.4, 0.5) is 23.2 Å². The first kappa shape index (κ1) is 21.1. The molecule has 0 bridgehead atoms. The Labute approximate surface area is 168 Å². The van der Waals surface area contributed by atoms with Gasteiger partial charge in [-0.25, -0.2) is 4.39 Å². The van der Waals surface area contributed by atoms with Crippen molar-refractivity contribution >= 4 is 11.6 Å². The van der Waals surface area contributed by atoms with E-state index in [1.807, 2.05) is 0 Å². The summed E-state index contributed by atoms with van der Waals surface area (Å²) < 4.78 is 54.0. The molecule has 0 saturated heterocycles. The van der Waals surface area contributed by atoms with Gasteiger partial charge in [-0.15, -0.1) is 0 Å². The summed E-state index contributed by atoms with van der Waals surface area (Å²) >= 11 is 0. The fraction of sp³-hybridized carbons (Fsp3) is 0.143. The summed E-state index contributed by atoms with van der Waals surface area (Å²) in [6.07, 6.45) is -3.41. The number of carbonyl (C=O) groups is 1. The number of para-hydroxylation sites is 1. The highest BCUT2D eigenvalue weighted by Gasteiger charge is 2.31. The average Bonchev–Trinajstić information content (AvgIpc) is 2.67. The van der Waals surface area contributed by atoms with Gasteiger partial charge in [0.25, 0.3) is 11.5 Å². The summed E-state index contributed by atoms with van der Waals surface area (Å²) in [7, 11) is 0. The van der Waals surface area contributed by atoms with Crippen molar-refractivity contribution in [3.05, 3.63) is 93.7 Å². The first-order valence-electron chi connectivity index (χ1n) is 8.82. The molecule has 0 saturated carbocycles. The lowest BCUT2D eigenvalue weighted by molar-refractivity contribution is -0.137. The average molecular weight is 419 g/mol. The van der Waals surface area contributed by atoms with Gasteiger partial charge in [0.15, 0.2) is 0 Å². The number of rotatable bonds is 4. The number of carbonyl (C=O) groups excluding carboxylic acids is 1. The molecule has 9 heteroatoms. The standard InChI is InChI=1S/C21H17F4N3O2/c1-12(14-8-15(21(23,24)25)10-16(26)9-14)27-20(30)13-6-7-19(29)28(11-13)18-5-3-2-4-17(18)22/h2-12H,26H2,1H3,(H,27,30). The molecule has 0 spiro atoms. The SMILES string of the molecule is CC(NC(=O)c1ccc(=O)n(-c2ccccc2F)c1)c1cc(N)cc(C(F)(F)F)c1. The normalized spacial score (nSPS) is 12.4. The molecule has 0 aliphatic rings. The zero-order chi connectivity index (χ0) is 22.1. The minimum absolute atomic E-state index is 0.0316. The molecular formula is C21H17F4N3O2. The Balaban J connectivity index is 1.88. The fourth-order valence-electron chi connectivity index (χ4n) is 2.91. The van der Waals surface area contributed by atoms with Crippen LogP contribution in [0.2, 0.25) is 0 Å². The van der Waals surface area contributed by atoms with E-state index in [2.05, 4.69) is 5.32 Å². The number of hydrogen-bond acceptors (Lipinski definition) is 3. The molecular weight excluding hydrogens is 402 g/mol. The largest absolute Gasteiger partial charge is 0.416 e. The van der Waals surface area contributed by atoms with E-state index in [4.69, 9.17) is 5.73 Å². The van der Waals surface area contributed by atoms with E-state index in [0.29, 0.717) is 0 Å². The molecule has 1 amide bonds. The summed E-state index contributed by atoms with van der Waals surface area (Å²) in [5.74, 6) is -1.30. The van der Waals surface area contributed by atoms with Crippen LogP contribution in [0.5, 0.6) is 0 Å². The number of aromatic nitrogens is 1. The van der Waals surface area contributed by atoms with Crippen LogP contribution in [0.3, 0.4) is 0 Å². The van der Waals surface area contributed by atoms with Crippen LogP contribution < -0.4 is 16.6 Å². The highest BCUT2D eigenvalue weighted by molar-refractivity contribution is 5.94. The minimum Gasteiger partial charge on any atom is -0.399 e. The van der Waals surface area contributed by atoms with Crippen LogP contribution in [0, 0.1) is 5.82 Å². The van der Waals surface area contributed by atoms with Crippen LogP contribution in [-0.4, -0.2) is 10.5 Å². The van der Waals surface area contributed by atoms with E-state index in [-0.39, 0.29) is 22.5 Å². The number of nitrogen functional groups attached to an aromatic ring is 1. The lowest BCUT2D eigenvalue weighted by atomic mass is 10.0. The van der Waals surface area contributed by atoms with Gasteiger partial charge in [0, 0.05) is 18.0 Å². The number of benzene rings is 2. The number of pyridine rings is 1. The zero-order valence-corrected chi connectivity index (χ0v) is 15.7. The molecule has 5 nitrogen and oxygen atoms in total. The Hall–Kier alpha value is -3.62. The summed E-state index contributed by atoms with van der Waals surface area (Å²) in [5.41, 5.74) is 4.17. The highest BCUT2D eigenvalue weighted by atomic mass is 19.4. The van der Waals surface area contributed by atoms with E-state index in [1.54, 1.807) is 0 Å². The van der Waals surface area contributed by atoms with Crippen molar-refractivity contribution in [2.45, 2.75) is 19.1 Å². The molecule has 0 fully saturated rings. The molecule has 0 radical (unpaired) electrons. The lowest BCUT2D eigenvalue weighted by Crippen LogP contribution is -2.29. The molecule has 0 aliphatic carbocycles. The first-order chi connectivity index (χ1) is 14.1. The van der Waals surface area contributed by atoms with Gasteiger partial charge in [0.1, 0.15) is 5.82 Å². The van der Waals surface area contributed by atoms with Crippen molar-refractivity contribution in [2.24, 2.45) is 0 Å². The summed E-state index contributed by atoms with van der Waals surface area (Å²) in [5, 5.41) is 2.56. The predicted molar refractivity (Wildman–Crippen MR) is 104 cm³/mol. The number of anilines is 1. The monoisotopic (exact) mass is 419 g/mol. The quantitative estimate of drug-likeness (QED) is 0.495. The third kappa shape index (κ3) is 4.51. The number of hydrogen-bond donors (Lipinski definition) is 2. The third-order valence-electron chi connectivity index (χ3n) is 4.44. The molecule has 1 aromatic heterocycles. The number of halogens is 4. The number of alkyl halides is 3. The molecule has 156 valence electrons. The topological polar surface area (TPSA) is 77.1 Å². The van der Waals surface area contributed by atoms with Gasteiger partial charge in [-0.3, -0.25) is 14.2 Å². The van der Waals surface area contributed by atoms with Crippen LogP contribution in [0.15, 0.2) is 65.6 Å². The number of nitrogens with zero attached hydrogens (tertiary/aromatic N) is 1. The minimum atomic E-state index is -4.58. The Bertz CT molecular complexity index is 1160. The third-order valence-corrected chi connectivity index (χ3v) is 4.44. The first-order valence-corrected chi connectivity index (χ1v) is 8.82. The highest BCUT2D eigenvalue weighted by Crippen LogP contribution is 2.32. The van der Waals surface area contributed by atoms with Crippen LogP contribution in [0.25, 0.3) is 5.69 Å². The second-order valence-corrected chi connectivity index (χ2v) is 6.66. The molecule has 30 heavy (non-hydrogen) atoms. The van der Waals surface area contributed by atoms with Crippen LogP contribution >= 0.6 is 0 Å². The van der Waals surface area contributed by atoms with Crippen molar-refractivity contribution in [3.63, 3.8) is 0 Å². The fourth-order valence-corrected chi connectivity index (χ4v) is 2.91. The second-order valence-electron chi connectivity index (χ2n) is 6.66. The molecule has 1 heterocycles. The van der Waals surface area contributed by atoms with Gasteiger partial charge < -0.3 is 11.1 Å². The molecule has 1 unspecified atom stereocenters. The number of nitrogens with two attached hydrogens (primary N) is 1. The summed E-state index contributed by atoms with van der Waals surface area (Å²) in [6.45, 7) is 1.50. The molecule has 3 N–H and O–H groups in total. The van der Waals surface area contributed by atoms with E-state index in [1.165, 1.54) is 49.5 Å². The Kier molecular flexibility index (Phi) is 5.64. The van der Waals surface area contributed by atoms with Crippen LogP contribution in [0.1, 0.15) is 34.5 Å². The van der Waals surface area contributed by atoms with Crippen LogP contribution in [-0.2, 0) is 6.18 Å². The van der Waals surface area contributed by atoms with Crippen molar-refractivity contribution in [2.75, 3.05) is 5.73 Å². The molecule has 0 aliphatic heterocycles. The lowest BCUT2D eigenvalue weighted by Gasteiger charge is -2.17. The van der Waals surface area contributed by atoms with Crippen molar-refractivity contribution in [3.8, 4) is 5.69 Å². The van der Waals surface area contributed by atoms with Gasteiger partial charge >= 0.3 is 6.18 Å². The molecule has 3 aromatic rings. The maximum atomic E-state index is 14.0. The zero-order valence-electron chi connectivity index (χ0n) is 15.7. The van der Waals surface area contributed by atoms with E-state index in [0.717, 1.165) is 22.8 Å². The van der Waals surface area contributed by atoms with Gasteiger partial charge in [-0.1, -0.05) is 12.1 Å². The Morgan fingerprint density at radius 2 is 1.80 bits per heavy atom. The van der Waals surface area contributed by atoms with Gasteiger partial charge in [0.2, 0.25) is 0 Å². The van der Waals surface area contributed by atoms with Crippen molar-refractivity contribution in [1.29, 1.82) is 0 Å². The Morgan fingerprint density at radius 1 is 1.10 bits per heavy atom. The maximum Gasteiger partial charge on any atom is 0.416 e. The van der Waals surface area contributed by atoms with Crippen molar-refractivity contribution in [1.82, 2.24) is 9.88 Å². The second kappa shape index (κ2) is 8.02. The van der Waals surface area contributed by atoms with Gasteiger partial charge in [-0.2, -0.15) is 13.2 Å². The number of nitrogens with one attached hydrogen (secondary N) is 1. The molecule has 2 aromatic carbocycles. The predicted octanol–water partition coefficient (Wildman–Crippen LogP) is 4.07. The number of amides is 1.